The highest BCUT2D eigenvalue weighted by molar-refractivity contribution is 5.73. The maximum absolute atomic E-state index is 11.6. The first-order valence-electron chi connectivity index (χ1n) is 7.20. The molecule has 1 aromatic carbocycles. The van der Waals surface area contributed by atoms with Gasteiger partial charge < -0.3 is 4.74 Å². The lowest BCUT2D eigenvalue weighted by atomic mass is 10.1. The van der Waals surface area contributed by atoms with Gasteiger partial charge in [0.15, 0.2) is 0 Å². The summed E-state index contributed by atoms with van der Waals surface area (Å²) in [6.07, 6.45) is 9.16. The number of carbonyl (C=O) groups excluding carboxylic acids is 1. The molecule has 2 unspecified atom stereocenters. The lowest BCUT2D eigenvalue weighted by molar-refractivity contribution is -0.137. The summed E-state index contributed by atoms with van der Waals surface area (Å²) in [5.74, 6) is 0.630. The van der Waals surface area contributed by atoms with E-state index in [1.54, 1.807) is 0 Å². The van der Waals surface area contributed by atoms with Crippen molar-refractivity contribution in [2.24, 2.45) is 11.8 Å². The van der Waals surface area contributed by atoms with E-state index in [4.69, 9.17) is 4.74 Å². The van der Waals surface area contributed by atoms with Crippen molar-refractivity contribution in [2.75, 3.05) is 0 Å². The molecule has 0 aliphatic rings. The molecular weight excluding hydrogens is 248 g/mol. The van der Waals surface area contributed by atoms with E-state index in [2.05, 4.69) is 32.9 Å². The molecular formula is C18H24O2. The molecule has 2 atom stereocenters. The van der Waals surface area contributed by atoms with Gasteiger partial charge in [-0.05, 0) is 23.5 Å². The minimum atomic E-state index is -0.231. The molecule has 0 N–H and O–H groups in total. The zero-order valence-corrected chi connectivity index (χ0v) is 12.6. The second-order valence-electron chi connectivity index (χ2n) is 5.11. The zero-order valence-electron chi connectivity index (χ0n) is 12.6. The van der Waals surface area contributed by atoms with E-state index in [1.165, 1.54) is 6.26 Å². The summed E-state index contributed by atoms with van der Waals surface area (Å²) in [7, 11) is 0. The van der Waals surface area contributed by atoms with Crippen molar-refractivity contribution in [3.05, 3.63) is 60.4 Å². The number of carbonyl (C=O) groups is 1. The number of esters is 1. The number of hydrogen-bond donors (Lipinski definition) is 0. The van der Waals surface area contributed by atoms with Gasteiger partial charge in [-0.2, -0.15) is 0 Å². The first kappa shape index (κ1) is 16.2. The fraction of sp³-hybridized carbons (Fsp3) is 0.389. The Morgan fingerprint density at radius 3 is 2.50 bits per heavy atom. The molecule has 0 aliphatic carbocycles. The van der Waals surface area contributed by atoms with Crippen LogP contribution in [0.25, 0.3) is 0 Å². The first-order valence-corrected chi connectivity index (χ1v) is 7.20. The van der Waals surface area contributed by atoms with Gasteiger partial charge in [0, 0.05) is 0 Å². The standard InChI is InChI=1S/C18H24O2/c1-4-15(2)10-11-16(3)12-13-20-18(19)14-17-8-6-5-7-9-17/h5-13,15-16H,4,14H2,1-3H3/b11-10+,13-12+. The molecule has 0 heterocycles. The Bertz CT molecular complexity index is 446. The second-order valence-corrected chi connectivity index (χ2v) is 5.11. The molecule has 0 radical (unpaired) electrons. The summed E-state index contributed by atoms with van der Waals surface area (Å²) in [6.45, 7) is 6.42. The molecule has 108 valence electrons. The number of benzene rings is 1. The molecule has 1 aromatic rings. The molecule has 2 nitrogen and oxygen atoms in total. The van der Waals surface area contributed by atoms with Crippen LogP contribution < -0.4 is 0 Å². The Morgan fingerprint density at radius 2 is 1.85 bits per heavy atom. The van der Waals surface area contributed by atoms with Crippen LogP contribution in [0.15, 0.2) is 54.8 Å². The van der Waals surface area contributed by atoms with Crippen molar-refractivity contribution >= 4 is 5.97 Å². The van der Waals surface area contributed by atoms with Gasteiger partial charge in [0.05, 0.1) is 12.7 Å². The van der Waals surface area contributed by atoms with E-state index in [9.17, 15) is 4.79 Å². The lowest BCUT2D eigenvalue weighted by Crippen LogP contribution is -2.04. The Morgan fingerprint density at radius 1 is 1.15 bits per heavy atom. The molecule has 0 fully saturated rings. The van der Waals surface area contributed by atoms with E-state index >= 15 is 0 Å². The third-order valence-corrected chi connectivity index (χ3v) is 3.16. The summed E-state index contributed by atoms with van der Waals surface area (Å²) < 4.78 is 5.10. The lowest BCUT2D eigenvalue weighted by Gasteiger charge is -2.03. The largest absolute Gasteiger partial charge is 0.435 e. The quantitative estimate of drug-likeness (QED) is 0.414. The van der Waals surface area contributed by atoms with Crippen molar-refractivity contribution in [3.8, 4) is 0 Å². The van der Waals surface area contributed by atoms with E-state index in [0.717, 1.165) is 12.0 Å². The summed E-state index contributed by atoms with van der Waals surface area (Å²) >= 11 is 0. The molecule has 0 aromatic heterocycles. The number of rotatable bonds is 7. The number of allylic oxidation sites excluding steroid dienone is 3. The fourth-order valence-electron chi connectivity index (χ4n) is 1.61. The van der Waals surface area contributed by atoms with Gasteiger partial charge in [-0.25, -0.2) is 0 Å². The molecule has 0 spiro atoms. The van der Waals surface area contributed by atoms with E-state index < -0.39 is 0 Å². The Labute approximate surface area is 122 Å². The van der Waals surface area contributed by atoms with E-state index in [1.807, 2.05) is 36.4 Å². The van der Waals surface area contributed by atoms with Crippen LogP contribution in [0.5, 0.6) is 0 Å². The van der Waals surface area contributed by atoms with Crippen molar-refractivity contribution < 1.29 is 9.53 Å². The smallest absolute Gasteiger partial charge is 0.315 e. The Hall–Kier alpha value is -1.83. The average Bonchev–Trinajstić information content (AvgIpc) is 2.45. The molecule has 2 heteroatoms. The minimum Gasteiger partial charge on any atom is -0.435 e. The van der Waals surface area contributed by atoms with Gasteiger partial charge in [0.25, 0.3) is 0 Å². The highest BCUT2D eigenvalue weighted by Gasteiger charge is 2.02. The van der Waals surface area contributed by atoms with Crippen LogP contribution in [-0.4, -0.2) is 5.97 Å². The predicted octanol–water partition coefficient (Wildman–Crippen LogP) is 4.52. The number of hydrogen-bond acceptors (Lipinski definition) is 2. The molecule has 0 amide bonds. The fourth-order valence-corrected chi connectivity index (χ4v) is 1.61. The Balaban J connectivity index is 2.33. The Kier molecular flexibility index (Phi) is 7.41. The highest BCUT2D eigenvalue weighted by Crippen LogP contribution is 2.07. The molecule has 0 saturated carbocycles. The minimum absolute atomic E-state index is 0.231. The van der Waals surface area contributed by atoms with Crippen LogP contribution in [0, 0.1) is 11.8 Å². The third-order valence-electron chi connectivity index (χ3n) is 3.16. The maximum atomic E-state index is 11.6. The third kappa shape index (κ3) is 6.93. The number of ether oxygens (including phenoxy) is 1. The second kappa shape index (κ2) is 9.13. The van der Waals surface area contributed by atoms with Crippen molar-refractivity contribution in [3.63, 3.8) is 0 Å². The van der Waals surface area contributed by atoms with Crippen LogP contribution in [0.3, 0.4) is 0 Å². The average molecular weight is 272 g/mol. The van der Waals surface area contributed by atoms with Crippen LogP contribution >= 0.6 is 0 Å². The van der Waals surface area contributed by atoms with Gasteiger partial charge >= 0.3 is 5.97 Å². The van der Waals surface area contributed by atoms with Gasteiger partial charge in [0.2, 0.25) is 0 Å². The van der Waals surface area contributed by atoms with Crippen LogP contribution in [-0.2, 0) is 16.0 Å². The monoisotopic (exact) mass is 272 g/mol. The van der Waals surface area contributed by atoms with E-state index in [-0.39, 0.29) is 11.9 Å². The van der Waals surface area contributed by atoms with Crippen LogP contribution in [0.1, 0.15) is 32.8 Å². The molecule has 1 rings (SSSR count). The molecule has 0 bridgehead atoms. The van der Waals surface area contributed by atoms with Gasteiger partial charge in [0.1, 0.15) is 0 Å². The highest BCUT2D eigenvalue weighted by atomic mass is 16.5. The van der Waals surface area contributed by atoms with E-state index in [0.29, 0.717) is 12.3 Å². The molecule has 0 saturated heterocycles. The molecule has 20 heavy (non-hydrogen) atoms. The summed E-state index contributed by atoms with van der Waals surface area (Å²) in [4.78, 5) is 11.6. The summed E-state index contributed by atoms with van der Waals surface area (Å²) in [5, 5.41) is 0. The van der Waals surface area contributed by atoms with Gasteiger partial charge in [-0.15, -0.1) is 0 Å². The van der Waals surface area contributed by atoms with Crippen LogP contribution in [0.2, 0.25) is 0 Å². The molecule has 0 aliphatic heterocycles. The van der Waals surface area contributed by atoms with Crippen molar-refractivity contribution in [1.82, 2.24) is 0 Å². The summed E-state index contributed by atoms with van der Waals surface area (Å²) in [6, 6.07) is 9.60. The normalized spacial score (nSPS) is 14.6. The predicted molar refractivity (Wildman–Crippen MR) is 83.1 cm³/mol. The summed E-state index contributed by atoms with van der Waals surface area (Å²) in [5.41, 5.74) is 0.968. The van der Waals surface area contributed by atoms with Gasteiger partial charge in [-0.3, -0.25) is 4.79 Å². The van der Waals surface area contributed by atoms with Crippen molar-refractivity contribution in [2.45, 2.75) is 33.6 Å². The van der Waals surface area contributed by atoms with Gasteiger partial charge in [-0.1, -0.05) is 69.7 Å². The SMILES string of the molecule is CCC(C)/C=C/C(C)/C=C/OC(=O)Cc1ccccc1. The topological polar surface area (TPSA) is 26.3 Å². The van der Waals surface area contributed by atoms with Crippen molar-refractivity contribution in [1.29, 1.82) is 0 Å². The first-order chi connectivity index (χ1) is 9.61. The van der Waals surface area contributed by atoms with Crippen LogP contribution in [0.4, 0.5) is 0 Å². The zero-order chi connectivity index (χ0) is 14.8. The maximum Gasteiger partial charge on any atom is 0.315 e.